The molecule has 1 amide bonds. The summed E-state index contributed by atoms with van der Waals surface area (Å²) in [5, 5.41) is 11.2. The fourth-order valence-corrected chi connectivity index (χ4v) is 3.81. The fourth-order valence-electron chi connectivity index (χ4n) is 3.81. The summed E-state index contributed by atoms with van der Waals surface area (Å²) in [6.45, 7) is 7.86. The topological polar surface area (TPSA) is 71.9 Å². The highest BCUT2D eigenvalue weighted by Gasteiger charge is 2.50. The van der Waals surface area contributed by atoms with Crippen LogP contribution in [-0.4, -0.2) is 52.0 Å². The first-order valence-electron chi connectivity index (χ1n) is 8.53. The van der Waals surface area contributed by atoms with E-state index in [1.54, 1.807) is 11.8 Å². The molecule has 2 unspecified atom stereocenters. The van der Waals surface area contributed by atoms with Gasteiger partial charge in [-0.1, -0.05) is 0 Å². The van der Waals surface area contributed by atoms with E-state index in [1.165, 1.54) is 6.07 Å². The molecule has 0 saturated carbocycles. The summed E-state index contributed by atoms with van der Waals surface area (Å²) in [5.74, 6) is -0.431. The molecule has 25 heavy (non-hydrogen) atoms. The molecule has 0 spiro atoms. The number of ether oxygens (including phenoxy) is 2. The first-order chi connectivity index (χ1) is 11.6. The van der Waals surface area contributed by atoms with E-state index in [2.05, 4.69) is 4.98 Å². The minimum atomic E-state index is -1.21. The van der Waals surface area contributed by atoms with Crippen molar-refractivity contribution >= 4 is 6.09 Å². The zero-order chi connectivity index (χ0) is 18.4. The summed E-state index contributed by atoms with van der Waals surface area (Å²) in [5.41, 5.74) is -0.730. The number of hydrogen-bond donors (Lipinski definition) is 1. The number of carbonyl (C=O) groups excluding carboxylic acids is 1. The number of fused-ring (bicyclic) bond motifs is 2. The third-order valence-electron chi connectivity index (χ3n) is 4.64. The Morgan fingerprint density at radius 2 is 2.00 bits per heavy atom. The number of carbonyl (C=O) groups is 1. The lowest BCUT2D eigenvalue weighted by atomic mass is 9.78. The van der Waals surface area contributed by atoms with Crippen LogP contribution in [-0.2, 0) is 15.1 Å². The van der Waals surface area contributed by atoms with E-state index in [1.807, 2.05) is 20.8 Å². The van der Waals surface area contributed by atoms with Gasteiger partial charge in [-0.2, -0.15) is 0 Å². The van der Waals surface area contributed by atoms with Gasteiger partial charge in [-0.25, -0.2) is 9.18 Å². The zero-order valence-electron chi connectivity index (χ0n) is 15.1. The van der Waals surface area contributed by atoms with E-state index in [4.69, 9.17) is 9.47 Å². The number of rotatable bonds is 1. The van der Waals surface area contributed by atoms with E-state index in [9.17, 15) is 14.3 Å². The number of piperidine rings is 1. The van der Waals surface area contributed by atoms with Gasteiger partial charge in [-0.05, 0) is 39.3 Å². The maximum absolute atomic E-state index is 13.4. The van der Waals surface area contributed by atoms with Gasteiger partial charge in [0.25, 0.3) is 0 Å². The number of hydrogen-bond acceptors (Lipinski definition) is 5. The first kappa shape index (κ1) is 18.1. The van der Waals surface area contributed by atoms with Gasteiger partial charge in [0.1, 0.15) is 17.0 Å². The van der Waals surface area contributed by atoms with E-state index in [-0.39, 0.29) is 24.9 Å². The van der Waals surface area contributed by atoms with Crippen molar-refractivity contribution in [1.82, 2.24) is 9.88 Å². The molecule has 1 aromatic rings. The SMILES string of the molecule is Cc1cc(F)cnc1C1(O)CC2COCC(C1)N2C(=O)OC(C)(C)C. The van der Waals surface area contributed by atoms with Crippen LogP contribution in [0.25, 0.3) is 0 Å². The van der Waals surface area contributed by atoms with Gasteiger partial charge in [-0.3, -0.25) is 9.88 Å². The molecule has 6 nitrogen and oxygen atoms in total. The molecule has 138 valence electrons. The lowest BCUT2D eigenvalue weighted by molar-refractivity contribution is -0.142. The van der Waals surface area contributed by atoms with Crippen LogP contribution in [0.3, 0.4) is 0 Å². The third-order valence-corrected chi connectivity index (χ3v) is 4.64. The molecule has 0 aromatic carbocycles. The Balaban J connectivity index is 1.87. The number of aliphatic hydroxyl groups is 1. The molecule has 2 bridgehead atoms. The molecule has 2 aliphatic heterocycles. The molecule has 2 saturated heterocycles. The first-order valence-corrected chi connectivity index (χ1v) is 8.53. The molecule has 0 aliphatic carbocycles. The highest BCUT2D eigenvalue weighted by atomic mass is 19.1. The predicted octanol–water partition coefficient (Wildman–Crippen LogP) is 2.52. The van der Waals surface area contributed by atoms with Crippen LogP contribution in [0.5, 0.6) is 0 Å². The molecule has 2 fully saturated rings. The summed E-state index contributed by atoms with van der Waals surface area (Å²) < 4.78 is 24.5. The monoisotopic (exact) mass is 352 g/mol. The summed E-state index contributed by atoms with van der Waals surface area (Å²) >= 11 is 0. The fraction of sp³-hybridized carbons (Fsp3) is 0.667. The van der Waals surface area contributed by atoms with Gasteiger partial charge in [0, 0.05) is 12.8 Å². The van der Waals surface area contributed by atoms with Crippen LogP contribution in [0.1, 0.15) is 44.9 Å². The quantitative estimate of drug-likeness (QED) is 0.841. The summed E-state index contributed by atoms with van der Waals surface area (Å²) in [4.78, 5) is 18.4. The van der Waals surface area contributed by atoms with E-state index >= 15 is 0 Å². The Morgan fingerprint density at radius 1 is 1.40 bits per heavy atom. The second kappa shape index (κ2) is 6.21. The number of aromatic nitrogens is 1. The van der Waals surface area contributed by atoms with Gasteiger partial charge in [0.15, 0.2) is 0 Å². The van der Waals surface area contributed by atoms with Gasteiger partial charge in [-0.15, -0.1) is 0 Å². The number of halogens is 1. The van der Waals surface area contributed by atoms with Crippen molar-refractivity contribution in [2.24, 2.45) is 0 Å². The van der Waals surface area contributed by atoms with Gasteiger partial charge in [0.2, 0.25) is 0 Å². The number of aryl methyl sites for hydroxylation is 1. The van der Waals surface area contributed by atoms with Crippen LogP contribution < -0.4 is 0 Å². The van der Waals surface area contributed by atoms with Gasteiger partial charge < -0.3 is 14.6 Å². The molecule has 1 aromatic heterocycles. The highest BCUT2D eigenvalue weighted by Crippen LogP contribution is 2.41. The average Bonchev–Trinajstić information content (AvgIpc) is 2.43. The van der Waals surface area contributed by atoms with E-state index in [0.29, 0.717) is 24.5 Å². The van der Waals surface area contributed by atoms with Crippen molar-refractivity contribution in [3.8, 4) is 0 Å². The summed E-state index contributed by atoms with van der Waals surface area (Å²) in [6, 6.07) is 0.754. The van der Waals surface area contributed by atoms with Crippen LogP contribution >= 0.6 is 0 Å². The average molecular weight is 352 g/mol. The van der Waals surface area contributed by atoms with Crippen LogP contribution in [0.15, 0.2) is 12.3 Å². The minimum absolute atomic E-state index is 0.280. The maximum atomic E-state index is 13.4. The second-order valence-electron chi connectivity index (χ2n) is 7.99. The number of amides is 1. The summed E-state index contributed by atoms with van der Waals surface area (Å²) in [6.07, 6.45) is 1.29. The van der Waals surface area contributed by atoms with Crippen LogP contribution in [0, 0.1) is 12.7 Å². The van der Waals surface area contributed by atoms with Crippen molar-refractivity contribution < 1.29 is 23.8 Å². The Kier molecular flexibility index (Phi) is 4.49. The Morgan fingerprint density at radius 3 is 2.52 bits per heavy atom. The van der Waals surface area contributed by atoms with Gasteiger partial charge in [0.05, 0.1) is 37.2 Å². The lowest BCUT2D eigenvalue weighted by Crippen LogP contribution is -2.63. The minimum Gasteiger partial charge on any atom is -0.444 e. The van der Waals surface area contributed by atoms with Gasteiger partial charge >= 0.3 is 6.09 Å². The molecule has 7 heteroatoms. The standard InChI is InChI=1S/C18H25FN2O4/c1-11-5-12(19)8-20-15(11)18(23)6-13-9-24-10-14(7-18)21(13)16(22)25-17(2,3)4/h5,8,13-14,23H,6-7,9-10H2,1-4H3. The molecule has 3 heterocycles. The summed E-state index contributed by atoms with van der Waals surface area (Å²) in [7, 11) is 0. The lowest BCUT2D eigenvalue weighted by Gasteiger charge is -2.51. The van der Waals surface area contributed by atoms with Crippen LogP contribution in [0.4, 0.5) is 9.18 Å². The van der Waals surface area contributed by atoms with Crippen molar-refractivity contribution in [2.45, 2.75) is 63.8 Å². The number of pyridine rings is 1. The Labute approximate surface area is 146 Å². The van der Waals surface area contributed by atoms with Crippen LogP contribution in [0.2, 0.25) is 0 Å². The largest absolute Gasteiger partial charge is 0.444 e. The second-order valence-corrected chi connectivity index (χ2v) is 7.99. The van der Waals surface area contributed by atoms with Crippen molar-refractivity contribution in [1.29, 1.82) is 0 Å². The molecule has 0 radical (unpaired) electrons. The molecular formula is C18H25FN2O4. The predicted molar refractivity (Wildman–Crippen MR) is 88.5 cm³/mol. The maximum Gasteiger partial charge on any atom is 0.410 e. The molecule has 3 rings (SSSR count). The normalized spacial score (nSPS) is 29.4. The zero-order valence-corrected chi connectivity index (χ0v) is 15.1. The Bertz CT molecular complexity index is 660. The molecule has 2 aliphatic rings. The van der Waals surface area contributed by atoms with E-state index in [0.717, 1.165) is 6.20 Å². The van der Waals surface area contributed by atoms with Crippen molar-refractivity contribution in [3.63, 3.8) is 0 Å². The smallest absolute Gasteiger partial charge is 0.410 e. The number of morpholine rings is 1. The molecular weight excluding hydrogens is 327 g/mol. The molecule has 1 N–H and O–H groups in total. The van der Waals surface area contributed by atoms with Crippen molar-refractivity contribution in [2.75, 3.05) is 13.2 Å². The van der Waals surface area contributed by atoms with Crippen molar-refractivity contribution in [3.05, 3.63) is 29.3 Å². The Hall–Kier alpha value is -1.73. The molecule has 2 atom stereocenters. The highest BCUT2D eigenvalue weighted by molar-refractivity contribution is 5.69. The number of nitrogens with zero attached hydrogens (tertiary/aromatic N) is 2. The van der Waals surface area contributed by atoms with E-state index < -0.39 is 23.1 Å². The third kappa shape index (κ3) is 3.62.